The molecule has 3 nitrogen and oxygen atoms in total. The molecule has 0 saturated carbocycles. The van der Waals surface area contributed by atoms with Gasteiger partial charge in [0.1, 0.15) is 12.9 Å². The number of hydrogen-bond donors (Lipinski definition) is 1. The van der Waals surface area contributed by atoms with Gasteiger partial charge >= 0.3 is 0 Å². The topological polar surface area (TPSA) is 38.7 Å². The summed E-state index contributed by atoms with van der Waals surface area (Å²) < 4.78 is 10.2. The lowest BCUT2D eigenvalue weighted by Gasteiger charge is -2.22. The smallest absolute Gasteiger partial charge is 0.147 e. The summed E-state index contributed by atoms with van der Waals surface area (Å²) in [6.45, 7) is 1.68. The normalized spacial score (nSPS) is 14.8. The number of ether oxygens (including phenoxy) is 2. The van der Waals surface area contributed by atoms with Gasteiger partial charge in [0.15, 0.2) is 0 Å². The summed E-state index contributed by atoms with van der Waals surface area (Å²) in [5.41, 5.74) is 0.581. The number of benzene rings is 1. The summed E-state index contributed by atoms with van der Waals surface area (Å²) in [5.74, 6) is 0. The Bertz CT molecular complexity index is 322. The zero-order chi connectivity index (χ0) is 12.1. The fourth-order valence-electron chi connectivity index (χ4n) is 1.39. The Labute approximate surface area is 105 Å². The first-order valence-electron chi connectivity index (χ1n) is 4.80. The van der Waals surface area contributed by atoms with Crippen molar-refractivity contribution < 1.29 is 14.6 Å². The molecule has 1 rings (SSSR count). The SMILES string of the molecule is COCO[C@@H](c1c(Cl)cccc1Cl)[C@H](C)O. The predicted molar refractivity (Wildman–Crippen MR) is 63.8 cm³/mol. The van der Waals surface area contributed by atoms with Gasteiger partial charge in [-0.05, 0) is 19.1 Å². The largest absolute Gasteiger partial charge is 0.390 e. The van der Waals surface area contributed by atoms with E-state index in [9.17, 15) is 5.11 Å². The van der Waals surface area contributed by atoms with Crippen molar-refractivity contribution in [3.8, 4) is 0 Å². The molecule has 0 amide bonds. The van der Waals surface area contributed by atoms with Crippen molar-refractivity contribution in [2.75, 3.05) is 13.9 Å². The second-order valence-corrected chi connectivity index (χ2v) is 4.18. The van der Waals surface area contributed by atoms with E-state index in [1.54, 1.807) is 25.1 Å². The Kier molecular flexibility index (Phi) is 5.52. The number of aliphatic hydroxyl groups is 1. The molecule has 0 radical (unpaired) electrons. The van der Waals surface area contributed by atoms with Gasteiger partial charge in [0, 0.05) is 22.7 Å². The molecule has 0 aromatic heterocycles. The van der Waals surface area contributed by atoms with Crippen LogP contribution in [0.15, 0.2) is 18.2 Å². The molecule has 0 unspecified atom stereocenters. The standard InChI is InChI=1S/C11H14Cl2O3/c1-7(14)11(16-6-15-2)10-8(12)4-3-5-9(10)13/h3-5,7,11,14H,6H2,1-2H3/t7-,11+/m0/s1. The highest BCUT2D eigenvalue weighted by atomic mass is 35.5. The minimum absolute atomic E-state index is 0.0666. The molecule has 0 heterocycles. The maximum atomic E-state index is 9.64. The van der Waals surface area contributed by atoms with Crippen molar-refractivity contribution in [3.05, 3.63) is 33.8 Å². The Hall–Kier alpha value is -0.320. The van der Waals surface area contributed by atoms with E-state index < -0.39 is 12.2 Å². The predicted octanol–water partition coefficient (Wildman–Crippen LogP) is 3.04. The van der Waals surface area contributed by atoms with Crippen LogP contribution >= 0.6 is 23.2 Å². The van der Waals surface area contributed by atoms with Crippen molar-refractivity contribution >= 4 is 23.2 Å². The summed E-state index contributed by atoms with van der Waals surface area (Å²) in [6.07, 6.45) is -1.33. The van der Waals surface area contributed by atoms with Crippen molar-refractivity contribution in [1.82, 2.24) is 0 Å². The molecule has 0 fully saturated rings. The number of hydrogen-bond acceptors (Lipinski definition) is 3. The average molecular weight is 265 g/mol. The minimum Gasteiger partial charge on any atom is -0.390 e. The molecule has 1 aromatic carbocycles. The van der Waals surface area contributed by atoms with Gasteiger partial charge in [-0.1, -0.05) is 29.3 Å². The molecule has 0 aliphatic rings. The van der Waals surface area contributed by atoms with Gasteiger partial charge < -0.3 is 14.6 Å². The molecule has 0 bridgehead atoms. The van der Waals surface area contributed by atoms with E-state index in [2.05, 4.69) is 0 Å². The molecule has 90 valence electrons. The summed E-state index contributed by atoms with van der Waals surface area (Å²) >= 11 is 12.1. The Morgan fingerprint density at radius 2 is 1.88 bits per heavy atom. The van der Waals surface area contributed by atoms with Gasteiger partial charge in [-0.3, -0.25) is 0 Å². The van der Waals surface area contributed by atoms with Gasteiger partial charge in [-0.2, -0.15) is 0 Å². The lowest BCUT2D eigenvalue weighted by Crippen LogP contribution is -2.20. The molecule has 0 aliphatic heterocycles. The summed E-state index contributed by atoms with van der Waals surface area (Å²) in [6, 6.07) is 5.15. The van der Waals surface area contributed by atoms with Crippen LogP contribution in [-0.2, 0) is 9.47 Å². The zero-order valence-electron chi connectivity index (χ0n) is 9.11. The van der Waals surface area contributed by atoms with Gasteiger partial charge in [-0.15, -0.1) is 0 Å². The molecule has 1 N–H and O–H groups in total. The Morgan fingerprint density at radius 3 is 2.31 bits per heavy atom. The van der Waals surface area contributed by atoms with E-state index in [1.165, 1.54) is 7.11 Å². The van der Waals surface area contributed by atoms with Crippen LogP contribution in [-0.4, -0.2) is 25.1 Å². The quantitative estimate of drug-likeness (QED) is 0.831. The second-order valence-electron chi connectivity index (χ2n) is 3.37. The van der Waals surface area contributed by atoms with E-state index in [0.29, 0.717) is 15.6 Å². The monoisotopic (exact) mass is 264 g/mol. The summed E-state index contributed by atoms with van der Waals surface area (Å²) in [5, 5.41) is 10.6. The molecule has 0 saturated heterocycles. The number of rotatable bonds is 5. The van der Waals surface area contributed by atoms with Crippen molar-refractivity contribution in [1.29, 1.82) is 0 Å². The van der Waals surface area contributed by atoms with Crippen LogP contribution in [0.2, 0.25) is 10.0 Å². The van der Waals surface area contributed by atoms with Crippen molar-refractivity contribution in [2.24, 2.45) is 0 Å². The van der Waals surface area contributed by atoms with Gasteiger partial charge in [-0.25, -0.2) is 0 Å². The second kappa shape index (κ2) is 6.42. The minimum atomic E-state index is -0.729. The Morgan fingerprint density at radius 1 is 1.31 bits per heavy atom. The maximum absolute atomic E-state index is 9.64. The van der Waals surface area contributed by atoms with E-state index in [1.807, 2.05) is 0 Å². The van der Waals surface area contributed by atoms with Crippen LogP contribution in [0.5, 0.6) is 0 Å². The third kappa shape index (κ3) is 3.34. The van der Waals surface area contributed by atoms with E-state index in [0.717, 1.165) is 0 Å². The first-order chi connectivity index (χ1) is 7.57. The van der Waals surface area contributed by atoms with E-state index in [-0.39, 0.29) is 6.79 Å². The van der Waals surface area contributed by atoms with Crippen molar-refractivity contribution in [3.63, 3.8) is 0 Å². The van der Waals surface area contributed by atoms with Crippen LogP contribution in [0.1, 0.15) is 18.6 Å². The molecular weight excluding hydrogens is 251 g/mol. The summed E-state index contributed by atoms with van der Waals surface area (Å²) in [7, 11) is 1.51. The van der Waals surface area contributed by atoms with E-state index >= 15 is 0 Å². The number of methoxy groups -OCH3 is 1. The highest BCUT2D eigenvalue weighted by Gasteiger charge is 2.23. The van der Waals surface area contributed by atoms with Gasteiger partial charge in [0.2, 0.25) is 0 Å². The van der Waals surface area contributed by atoms with Crippen LogP contribution in [0, 0.1) is 0 Å². The molecule has 0 aliphatic carbocycles. The third-order valence-corrected chi connectivity index (χ3v) is 2.75. The van der Waals surface area contributed by atoms with Crippen LogP contribution in [0.4, 0.5) is 0 Å². The van der Waals surface area contributed by atoms with E-state index in [4.69, 9.17) is 32.7 Å². The number of halogens is 2. The first-order valence-corrected chi connectivity index (χ1v) is 5.56. The third-order valence-electron chi connectivity index (χ3n) is 2.09. The lowest BCUT2D eigenvalue weighted by atomic mass is 10.1. The highest BCUT2D eigenvalue weighted by Crippen LogP contribution is 2.34. The average Bonchev–Trinajstić information content (AvgIpc) is 2.21. The molecule has 5 heteroatoms. The first kappa shape index (κ1) is 13.7. The molecule has 2 atom stereocenters. The summed E-state index contributed by atoms with van der Waals surface area (Å²) in [4.78, 5) is 0. The molecule has 1 aromatic rings. The Balaban J connectivity index is 3.00. The zero-order valence-corrected chi connectivity index (χ0v) is 10.6. The van der Waals surface area contributed by atoms with Gasteiger partial charge in [0.05, 0.1) is 6.10 Å². The van der Waals surface area contributed by atoms with Crippen LogP contribution < -0.4 is 0 Å². The number of aliphatic hydroxyl groups excluding tert-OH is 1. The van der Waals surface area contributed by atoms with Crippen LogP contribution in [0.25, 0.3) is 0 Å². The maximum Gasteiger partial charge on any atom is 0.147 e. The molecule has 0 spiro atoms. The van der Waals surface area contributed by atoms with Crippen LogP contribution in [0.3, 0.4) is 0 Å². The fraction of sp³-hybridized carbons (Fsp3) is 0.455. The van der Waals surface area contributed by atoms with Crippen molar-refractivity contribution in [2.45, 2.75) is 19.1 Å². The van der Waals surface area contributed by atoms with Gasteiger partial charge in [0.25, 0.3) is 0 Å². The molecule has 16 heavy (non-hydrogen) atoms. The molecular formula is C11H14Cl2O3. The highest BCUT2D eigenvalue weighted by molar-refractivity contribution is 6.36. The lowest BCUT2D eigenvalue weighted by molar-refractivity contribution is -0.110. The fourth-order valence-corrected chi connectivity index (χ4v) is 2.00.